The minimum absolute atomic E-state index is 0.792. The van der Waals surface area contributed by atoms with Gasteiger partial charge in [-0.05, 0) is 0 Å². The van der Waals surface area contributed by atoms with Crippen LogP contribution in [0.25, 0.3) is 0 Å². The van der Waals surface area contributed by atoms with Crippen LogP contribution in [0.4, 0.5) is 0 Å². The van der Waals surface area contributed by atoms with Crippen molar-refractivity contribution in [2.24, 2.45) is 5.10 Å². The SMILES string of the molecule is C[N+]1(C2CC2)C=CC=N1. The Morgan fingerprint density at radius 2 is 2.33 bits per heavy atom. The van der Waals surface area contributed by atoms with Gasteiger partial charge in [-0.2, -0.15) is 4.59 Å². The average Bonchev–Trinajstić information content (AvgIpc) is 2.60. The third kappa shape index (κ3) is 0.704. The Hall–Kier alpha value is -0.630. The molecular weight excluding hydrogens is 112 g/mol. The van der Waals surface area contributed by atoms with E-state index >= 15 is 0 Å². The van der Waals surface area contributed by atoms with E-state index in [2.05, 4.69) is 18.3 Å². The summed E-state index contributed by atoms with van der Waals surface area (Å²) >= 11 is 0. The Labute approximate surface area is 55.1 Å². The van der Waals surface area contributed by atoms with Gasteiger partial charge in [0.15, 0.2) is 0 Å². The highest BCUT2D eigenvalue weighted by Gasteiger charge is 2.41. The molecule has 1 aliphatic carbocycles. The molecule has 2 nitrogen and oxygen atoms in total. The molecule has 1 heterocycles. The van der Waals surface area contributed by atoms with Gasteiger partial charge in [-0.1, -0.05) is 5.10 Å². The highest BCUT2D eigenvalue weighted by molar-refractivity contribution is 5.71. The first-order valence-corrected chi connectivity index (χ1v) is 3.40. The summed E-state index contributed by atoms with van der Waals surface area (Å²) in [4.78, 5) is 0. The minimum atomic E-state index is 0.792. The van der Waals surface area contributed by atoms with Gasteiger partial charge in [0.2, 0.25) is 0 Å². The van der Waals surface area contributed by atoms with Crippen molar-refractivity contribution in [2.45, 2.75) is 18.9 Å². The van der Waals surface area contributed by atoms with Crippen LogP contribution in [0.1, 0.15) is 12.8 Å². The third-order valence-corrected chi connectivity index (χ3v) is 2.08. The maximum Gasteiger partial charge on any atom is 0.124 e. The molecule has 0 N–H and O–H groups in total. The van der Waals surface area contributed by atoms with E-state index in [1.807, 2.05) is 12.3 Å². The van der Waals surface area contributed by atoms with Crippen molar-refractivity contribution in [1.82, 2.24) is 0 Å². The molecule has 2 rings (SSSR count). The zero-order valence-electron chi connectivity index (χ0n) is 5.62. The zero-order valence-corrected chi connectivity index (χ0v) is 5.62. The first-order chi connectivity index (χ1) is 4.31. The van der Waals surface area contributed by atoms with Crippen LogP contribution >= 0.6 is 0 Å². The van der Waals surface area contributed by atoms with Crippen molar-refractivity contribution in [3.8, 4) is 0 Å². The van der Waals surface area contributed by atoms with Gasteiger partial charge in [-0.3, -0.25) is 0 Å². The lowest BCUT2D eigenvalue weighted by atomic mass is 10.5. The summed E-state index contributed by atoms with van der Waals surface area (Å²) in [6.07, 6.45) is 8.75. The molecule has 2 aliphatic rings. The van der Waals surface area contributed by atoms with Gasteiger partial charge < -0.3 is 0 Å². The van der Waals surface area contributed by atoms with Crippen molar-refractivity contribution in [2.75, 3.05) is 7.05 Å². The second-order valence-electron chi connectivity index (χ2n) is 2.93. The fourth-order valence-electron chi connectivity index (χ4n) is 1.25. The summed E-state index contributed by atoms with van der Waals surface area (Å²) in [5.74, 6) is 0. The summed E-state index contributed by atoms with van der Waals surface area (Å²) < 4.78 is 0.806. The van der Waals surface area contributed by atoms with Gasteiger partial charge in [-0.15, -0.1) is 0 Å². The molecule has 1 atom stereocenters. The molecule has 48 valence electrons. The molecule has 0 aromatic rings. The summed E-state index contributed by atoms with van der Waals surface area (Å²) in [6.45, 7) is 0. The molecule has 0 saturated heterocycles. The molecule has 1 saturated carbocycles. The number of nitrogens with zero attached hydrogens (tertiary/aromatic N) is 2. The topological polar surface area (TPSA) is 12.4 Å². The van der Waals surface area contributed by atoms with Crippen LogP contribution in [0.5, 0.6) is 0 Å². The van der Waals surface area contributed by atoms with Gasteiger partial charge in [0, 0.05) is 18.9 Å². The van der Waals surface area contributed by atoms with Crippen molar-refractivity contribution in [1.29, 1.82) is 0 Å². The Bertz CT molecular complexity index is 165. The lowest BCUT2D eigenvalue weighted by molar-refractivity contribution is -0.874. The normalized spacial score (nSPS) is 40.1. The minimum Gasteiger partial charge on any atom is -0.172 e. The number of quaternary nitrogens is 1. The molecule has 9 heavy (non-hydrogen) atoms. The Morgan fingerprint density at radius 3 is 2.78 bits per heavy atom. The van der Waals surface area contributed by atoms with E-state index < -0.39 is 0 Å². The monoisotopic (exact) mass is 123 g/mol. The van der Waals surface area contributed by atoms with Crippen molar-refractivity contribution < 1.29 is 4.59 Å². The van der Waals surface area contributed by atoms with E-state index in [0.29, 0.717) is 0 Å². The highest BCUT2D eigenvalue weighted by atomic mass is 15.6. The first-order valence-electron chi connectivity index (χ1n) is 3.40. The average molecular weight is 123 g/mol. The first kappa shape index (κ1) is 5.18. The van der Waals surface area contributed by atoms with Gasteiger partial charge in [-0.25, -0.2) is 0 Å². The number of allylic oxidation sites excluding steroid dienone is 1. The third-order valence-electron chi connectivity index (χ3n) is 2.08. The molecule has 1 aliphatic heterocycles. The molecule has 1 unspecified atom stereocenters. The largest absolute Gasteiger partial charge is 0.172 e. The smallest absolute Gasteiger partial charge is 0.124 e. The van der Waals surface area contributed by atoms with E-state index in [9.17, 15) is 0 Å². The zero-order chi connectivity index (χ0) is 6.32. The molecule has 0 aromatic heterocycles. The van der Waals surface area contributed by atoms with Crippen LogP contribution in [0.2, 0.25) is 0 Å². The van der Waals surface area contributed by atoms with Crippen molar-refractivity contribution in [3.63, 3.8) is 0 Å². The van der Waals surface area contributed by atoms with Crippen LogP contribution in [-0.4, -0.2) is 23.9 Å². The van der Waals surface area contributed by atoms with E-state index in [1.165, 1.54) is 12.8 Å². The van der Waals surface area contributed by atoms with Crippen LogP contribution in [-0.2, 0) is 0 Å². The molecule has 0 bridgehead atoms. The predicted octanol–water partition coefficient (Wildman–Crippen LogP) is 1.11. The maximum absolute atomic E-state index is 4.33. The van der Waals surface area contributed by atoms with Gasteiger partial charge in [0.05, 0.1) is 13.3 Å². The lowest BCUT2D eigenvalue weighted by Crippen LogP contribution is -2.32. The highest BCUT2D eigenvalue weighted by Crippen LogP contribution is 2.34. The van der Waals surface area contributed by atoms with Gasteiger partial charge in [0.25, 0.3) is 0 Å². The van der Waals surface area contributed by atoms with E-state index in [-0.39, 0.29) is 0 Å². The molecule has 0 amide bonds. The fourth-order valence-corrected chi connectivity index (χ4v) is 1.25. The van der Waals surface area contributed by atoms with Crippen LogP contribution in [0.15, 0.2) is 17.4 Å². The number of rotatable bonds is 1. The van der Waals surface area contributed by atoms with Gasteiger partial charge >= 0.3 is 0 Å². The number of hydrogen-bond acceptors (Lipinski definition) is 1. The Morgan fingerprint density at radius 1 is 1.56 bits per heavy atom. The van der Waals surface area contributed by atoms with Crippen molar-refractivity contribution in [3.05, 3.63) is 12.3 Å². The van der Waals surface area contributed by atoms with E-state index in [4.69, 9.17) is 0 Å². The number of hydrogen-bond donors (Lipinski definition) is 0. The molecule has 0 aromatic carbocycles. The Balaban J connectivity index is 2.22. The molecule has 1 fully saturated rings. The van der Waals surface area contributed by atoms with Crippen LogP contribution in [0, 0.1) is 0 Å². The fraction of sp³-hybridized carbons (Fsp3) is 0.571. The lowest BCUT2D eigenvalue weighted by Gasteiger charge is -2.18. The van der Waals surface area contributed by atoms with Crippen LogP contribution in [0.3, 0.4) is 0 Å². The summed E-state index contributed by atoms with van der Waals surface area (Å²) in [6, 6.07) is 0.792. The Kier molecular flexibility index (Phi) is 0.833. The summed E-state index contributed by atoms with van der Waals surface area (Å²) in [5, 5.41) is 4.33. The predicted molar refractivity (Wildman–Crippen MR) is 36.8 cm³/mol. The second kappa shape index (κ2) is 1.45. The molecule has 0 spiro atoms. The standard InChI is InChI=1S/C7H11N2/c1-9(7-3-4-7)6-2-5-8-9/h2,5-7H,3-4H2,1H3/q+1. The van der Waals surface area contributed by atoms with Crippen molar-refractivity contribution >= 4 is 6.21 Å². The van der Waals surface area contributed by atoms with E-state index in [1.54, 1.807) is 0 Å². The summed E-state index contributed by atoms with van der Waals surface area (Å²) in [5.41, 5.74) is 0. The maximum atomic E-state index is 4.33. The molecule has 2 heteroatoms. The second-order valence-corrected chi connectivity index (χ2v) is 2.93. The molecular formula is C7H11N2+. The molecule has 0 radical (unpaired) electrons. The van der Waals surface area contributed by atoms with Gasteiger partial charge in [0.1, 0.15) is 12.2 Å². The van der Waals surface area contributed by atoms with Crippen LogP contribution < -0.4 is 0 Å². The van der Waals surface area contributed by atoms with E-state index in [0.717, 1.165) is 10.6 Å². The summed E-state index contributed by atoms with van der Waals surface area (Å²) in [7, 11) is 2.15. The quantitative estimate of drug-likeness (QED) is 0.463.